The molecule has 23 heavy (non-hydrogen) atoms. The van der Waals surface area contributed by atoms with E-state index in [9.17, 15) is 0 Å². The first-order valence-corrected chi connectivity index (χ1v) is 7.76. The average Bonchev–Trinajstić information content (AvgIpc) is 3.34. The van der Waals surface area contributed by atoms with Crippen LogP contribution in [0.5, 0.6) is 0 Å². The normalized spacial score (nSPS) is 15.0. The molecule has 0 amide bonds. The quantitative estimate of drug-likeness (QED) is 0.383. The molecule has 1 fully saturated rings. The van der Waals surface area contributed by atoms with Crippen LogP contribution in [0.15, 0.2) is 48.0 Å². The number of aromatic amines is 1. The summed E-state index contributed by atoms with van der Waals surface area (Å²) in [6.07, 6.45) is 8.08. The number of H-pyrrole nitrogens is 1. The maximum absolute atomic E-state index is 5.64. The zero-order valence-electron chi connectivity index (χ0n) is 12.7. The zero-order chi connectivity index (χ0) is 15.6. The second-order valence-electron chi connectivity index (χ2n) is 5.84. The number of rotatable bonds is 5. The molecule has 0 saturated heterocycles. The van der Waals surface area contributed by atoms with Gasteiger partial charge in [-0.1, -0.05) is 0 Å². The van der Waals surface area contributed by atoms with Gasteiger partial charge in [0.2, 0.25) is 0 Å². The van der Waals surface area contributed by atoms with Crippen LogP contribution in [0, 0.1) is 5.92 Å². The first-order valence-electron chi connectivity index (χ1n) is 7.76. The molecule has 0 aromatic carbocycles. The Morgan fingerprint density at radius 3 is 2.96 bits per heavy atom. The lowest BCUT2D eigenvalue weighted by Gasteiger charge is -2.07. The number of aromatic nitrogens is 3. The van der Waals surface area contributed by atoms with E-state index in [1.807, 2.05) is 30.5 Å². The first-order chi connectivity index (χ1) is 11.3. The lowest BCUT2D eigenvalue weighted by Crippen LogP contribution is -2.08. The number of anilines is 1. The molecule has 1 saturated carbocycles. The molecule has 0 atom stereocenters. The van der Waals surface area contributed by atoms with Crippen molar-refractivity contribution < 1.29 is 0 Å². The Balaban J connectivity index is 1.61. The average molecular weight is 306 g/mol. The van der Waals surface area contributed by atoms with Gasteiger partial charge in [-0.05, 0) is 43.0 Å². The summed E-state index contributed by atoms with van der Waals surface area (Å²) in [4.78, 5) is 11.9. The van der Waals surface area contributed by atoms with E-state index in [0.717, 1.165) is 40.4 Å². The summed E-state index contributed by atoms with van der Waals surface area (Å²) in [5.41, 5.74) is 3.33. The van der Waals surface area contributed by atoms with Gasteiger partial charge >= 0.3 is 0 Å². The zero-order valence-corrected chi connectivity index (χ0v) is 12.7. The summed E-state index contributed by atoms with van der Waals surface area (Å²) >= 11 is 0. The van der Waals surface area contributed by atoms with Gasteiger partial charge in [-0.15, -0.1) is 0 Å². The lowest BCUT2D eigenvalue weighted by molar-refractivity contribution is 0.883. The summed E-state index contributed by atoms with van der Waals surface area (Å²) in [7, 11) is 0. The highest BCUT2D eigenvalue weighted by Crippen LogP contribution is 2.28. The summed E-state index contributed by atoms with van der Waals surface area (Å²) in [6, 6.07) is 7.86. The topological polar surface area (TPSA) is 92.0 Å². The fourth-order valence-electron chi connectivity index (χ4n) is 2.66. The third-order valence-corrected chi connectivity index (χ3v) is 4.14. The fourth-order valence-corrected chi connectivity index (χ4v) is 2.66. The van der Waals surface area contributed by atoms with E-state index < -0.39 is 0 Å². The number of pyridine rings is 2. The molecular weight excluding hydrogens is 288 g/mol. The Morgan fingerprint density at radius 2 is 2.22 bits per heavy atom. The molecule has 1 aliphatic carbocycles. The van der Waals surface area contributed by atoms with E-state index in [2.05, 4.69) is 25.4 Å². The van der Waals surface area contributed by atoms with Crippen molar-refractivity contribution in [1.82, 2.24) is 15.0 Å². The van der Waals surface area contributed by atoms with Gasteiger partial charge in [0, 0.05) is 41.6 Å². The highest BCUT2D eigenvalue weighted by molar-refractivity contribution is 6.18. The first kappa shape index (κ1) is 13.8. The van der Waals surface area contributed by atoms with Crippen LogP contribution in [-0.4, -0.2) is 27.2 Å². The van der Waals surface area contributed by atoms with Gasteiger partial charge in [0.15, 0.2) is 0 Å². The van der Waals surface area contributed by atoms with Crippen LogP contribution >= 0.6 is 0 Å². The predicted octanol–water partition coefficient (Wildman–Crippen LogP) is 2.49. The Labute approximate surface area is 133 Å². The van der Waals surface area contributed by atoms with Gasteiger partial charge in [0.05, 0.1) is 0 Å². The molecule has 0 radical (unpaired) electrons. The third-order valence-electron chi connectivity index (χ3n) is 4.14. The van der Waals surface area contributed by atoms with Crippen molar-refractivity contribution in [2.45, 2.75) is 12.8 Å². The summed E-state index contributed by atoms with van der Waals surface area (Å²) < 4.78 is 0. The largest absolute Gasteiger partial charge is 0.370 e. The van der Waals surface area contributed by atoms with Gasteiger partial charge in [-0.3, -0.25) is 0 Å². The molecular formula is C17H18N6. The van der Waals surface area contributed by atoms with Crippen LogP contribution in [0.1, 0.15) is 24.0 Å². The molecule has 3 aromatic rings. The van der Waals surface area contributed by atoms with Crippen LogP contribution < -0.4 is 11.2 Å². The molecule has 1 aliphatic rings. The van der Waals surface area contributed by atoms with Crippen LogP contribution in [0.4, 0.5) is 5.82 Å². The second kappa shape index (κ2) is 5.72. The van der Waals surface area contributed by atoms with E-state index in [-0.39, 0.29) is 0 Å². The SMILES string of the molecule is N/N=C(/c1ccc(NCC2CC2)nc1)c1c[nH]c2ncccc12. The van der Waals surface area contributed by atoms with Crippen LogP contribution in [0.25, 0.3) is 11.0 Å². The molecule has 3 heterocycles. The molecule has 4 rings (SSSR count). The lowest BCUT2D eigenvalue weighted by atomic mass is 10.0. The van der Waals surface area contributed by atoms with Gasteiger partial charge in [0.25, 0.3) is 0 Å². The maximum atomic E-state index is 5.64. The van der Waals surface area contributed by atoms with Crippen molar-refractivity contribution in [2.75, 3.05) is 11.9 Å². The second-order valence-corrected chi connectivity index (χ2v) is 5.84. The van der Waals surface area contributed by atoms with Gasteiger partial charge in [0.1, 0.15) is 17.2 Å². The molecule has 0 spiro atoms. The van der Waals surface area contributed by atoms with Crippen molar-refractivity contribution >= 4 is 22.6 Å². The monoisotopic (exact) mass is 306 g/mol. The Kier molecular flexibility index (Phi) is 3.42. The van der Waals surface area contributed by atoms with Crippen LogP contribution in [0.2, 0.25) is 0 Å². The number of hydrogen-bond acceptors (Lipinski definition) is 5. The molecule has 0 bridgehead atoms. The Morgan fingerprint density at radius 1 is 1.30 bits per heavy atom. The molecule has 4 N–H and O–H groups in total. The van der Waals surface area contributed by atoms with Crippen molar-refractivity contribution in [3.05, 3.63) is 54.0 Å². The van der Waals surface area contributed by atoms with E-state index >= 15 is 0 Å². The Bertz CT molecular complexity index is 845. The minimum absolute atomic E-state index is 0.700. The standard InChI is InChI=1S/C17H18N6/c18-23-16(14-10-22-17-13(14)2-1-7-19-17)12-5-6-15(21-9-12)20-8-11-3-4-11/h1-2,5-7,9-11H,3-4,8,18H2,(H,19,22)(H,20,21)/b23-16-. The van der Waals surface area contributed by atoms with Crippen molar-refractivity contribution in [1.29, 1.82) is 0 Å². The number of fused-ring (bicyclic) bond motifs is 1. The van der Waals surface area contributed by atoms with Crippen molar-refractivity contribution in [2.24, 2.45) is 16.9 Å². The van der Waals surface area contributed by atoms with Gasteiger partial charge in [-0.2, -0.15) is 5.10 Å². The highest BCUT2D eigenvalue weighted by atomic mass is 15.1. The molecule has 3 aromatic heterocycles. The van der Waals surface area contributed by atoms with E-state index in [1.165, 1.54) is 12.8 Å². The number of nitrogens with zero attached hydrogens (tertiary/aromatic N) is 3. The van der Waals surface area contributed by atoms with E-state index in [1.54, 1.807) is 12.4 Å². The maximum Gasteiger partial charge on any atom is 0.137 e. The minimum atomic E-state index is 0.700. The van der Waals surface area contributed by atoms with Gasteiger partial charge in [-0.25, -0.2) is 9.97 Å². The Hall–Kier alpha value is -2.89. The van der Waals surface area contributed by atoms with E-state index in [4.69, 9.17) is 5.84 Å². The summed E-state index contributed by atoms with van der Waals surface area (Å²) in [6.45, 7) is 0.998. The fraction of sp³-hybridized carbons (Fsp3) is 0.235. The summed E-state index contributed by atoms with van der Waals surface area (Å²) in [5.74, 6) is 7.34. The molecule has 6 nitrogen and oxygen atoms in total. The van der Waals surface area contributed by atoms with Crippen molar-refractivity contribution in [3.8, 4) is 0 Å². The van der Waals surface area contributed by atoms with E-state index in [0.29, 0.717) is 5.71 Å². The third kappa shape index (κ3) is 2.75. The predicted molar refractivity (Wildman–Crippen MR) is 91.4 cm³/mol. The highest BCUT2D eigenvalue weighted by Gasteiger charge is 2.20. The minimum Gasteiger partial charge on any atom is -0.370 e. The van der Waals surface area contributed by atoms with Crippen molar-refractivity contribution in [3.63, 3.8) is 0 Å². The molecule has 0 aliphatic heterocycles. The smallest absolute Gasteiger partial charge is 0.137 e. The number of nitrogens with two attached hydrogens (primary N) is 1. The number of hydrogen-bond donors (Lipinski definition) is 3. The van der Waals surface area contributed by atoms with Crippen LogP contribution in [0.3, 0.4) is 0 Å². The molecule has 0 unspecified atom stereocenters. The van der Waals surface area contributed by atoms with Crippen LogP contribution in [-0.2, 0) is 0 Å². The molecule has 6 heteroatoms. The summed E-state index contributed by atoms with van der Waals surface area (Å²) in [5, 5.41) is 8.32. The molecule has 116 valence electrons. The number of nitrogens with one attached hydrogen (secondary N) is 2. The van der Waals surface area contributed by atoms with Gasteiger partial charge < -0.3 is 16.1 Å². The number of hydrazone groups is 1.